The number of ketones is 1. The molecular formula is C28H27NO6. The number of hydrogen-bond donors (Lipinski definition) is 2. The molecule has 4 rings (SSSR count). The van der Waals surface area contributed by atoms with Gasteiger partial charge >= 0.3 is 0 Å². The number of likely N-dealkylation sites (tertiary alicyclic amines) is 1. The van der Waals surface area contributed by atoms with E-state index in [9.17, 15) is 19.8 Å². The predicted octanol–water partition coefficient (Wildman–Crippen LogP) is 4.35. The van der Waals surface area contributed by atoms with Crippen LogP contribution in [0.25, 0.3) is 5.76 Å². The van der Waals surface area contributed by atoms with Crippen LogP contribution in [-0.2, 0) is 20.9 Å². The van der Waals surface area contributed by atoms with Crippen LogP contribution in [0.4, 0.5) is 0 Å². The van der Waals surface area contributed by atoms with E-state index in [1.54, 1.807) is 36.4 Å². The van der Waals surface area contributed by atoms with Gasteiger partial charge in [-0.3, -0.25) is 9.59 Å². The summed E-state index contributed by atoms with van der Waals surface area (Å²) in [5, 5.41) is 21.1. The highest BCUT2D eigenvalue weighted by Gasteiger charge is 2.45. The van der Waals surface area contributed by atoms with Gasteiger partial charge in [-0.05, 0) is 54.4 Å². The Morgan fingerprint density at radius 1 is 1.00 bits per heavy atom. The zero-order chi connectivity index (χ0) is 24.9. The molecule has 0 aromatic heterocycles. The first-order chi connectivity index (χ1) is 16.9. The highest BCUT2D eigenvalue weighted by atomic mass is 16.5. The quantitative estimate of drug-likeness (QED) is 0.287. The number of nitrogens with zero attached hydrogens (tertiary/aromatic N) is 1. The summed E-state index contributed by atoms with van der Waals surface area (Å²) in [6.07, 6.45) is 0. The molecule has 1 fully saturated rings. The lowest BCUT2D eigenvalue weighted by molar-refractivity contribution is -0.140. The average Bonchev–Trinajstić information content (AvgIpc) is 3.11. The van der Waals surface area contributed by atoms with Crippen molar-refractivity contribution in [3.05, 3.63) is 101 Å². The van der Waals surface area contributed by atoms with Crippen LogP contribution in [0, 0.1) is 6.92 Å². The predicted molar refractivity (Wildman–Crippen MR) is 131 cm³/mol. The molecule has 0 spiro atoms. The second kappa shape index (κ2) is 10.4. The minimum Gasteiger partial charge on any atom is -0.508 e. The van der Waals surface area contributed by atoms with Gasteiger partial charge in [-0.25, -0.2) is 0 Å². The number of Topliss-reactive ketones (excluding diaryl/α,β-unsaturated/α-hetero) is 1. The molecule has 1 saturated heterocycles. The van der Waals surface area contributed by atoms with E-state index in [0.717, 1.165) is 11.1 Å². The van der Waals surface area contributed by atoms with Gasteiger partial charge in [-0.2, -0.15) is 0 Å². The van der Waals surface area contributed by atoms with Crippen molar-refractivity contribution >= 4 is 17.4 Å². The van der Waals surface area contributed by atoms with Crippen LogP contribution in [0.3, 0.4) is 0 Å². The molecule has 2 N–H and O–H groups in total. The smallest absolute Gasteiger partial charge is 0.295 e. The van der Waals surface area contributed by atoms with Crippen molar-refractivity contribution in [2.24, 2.45) is 0 Å². The third kappa shape index (κ3) is 5.20. The molecular weight excluding hydrogens is 446 g/mol. The van der Waals surface area contributed by atoms with Crippen LogP contribution in [-0.4, -0.2) is 47.1 Å². The van der Waals surface area contributed by atoms with Crippen LogP contribution in [0.5, 0.6) is 11.5 Å². The Bertz CT molecular complexity index is 1260. The number of carbonyl (C=O) groups is 2. The Morgan fingerprint density at radius 2 is 1.74 bits per heavy atom. The Morgan fingerprint density at radius 3 is 2.43 bits per heavy atom. The molecule has 0 radical (unpaired) electrons. The van der Waals surface area contributed by atoms with Crippen molar-refractivity contribution in [1.82, 2.24) is 4.90 Å². The Kier molecular flexibility index (Phi) is 7.17. The van der Waals surface area contributed by atoms with E-state index in [2.05, 4.69) is 0 Å². The standard InChI is InChI=1S/C28H27NO6/c1-18-5-3-6-19(15-18)17-35-23-11-9-20(10-12-23)26(31)24-25(21-7-4-8-22(30)16-21)29(13-14-34-2)28(33)27(24)32/h3-12,15-16,25,30-31H,13-14,17H2,1-2H3. The molecule has 35 heavy (non-hydrogen) atoms. The van der Waals surface area contributed by atoms with E-state index in [1.807, 2.05) is 31.2 Å². The normalized spacial score (nSPS) is 17.1. The molecule has 1 aliphatic heterocycles. The Hall–Kier alpha value is -4.10. The summed E-state index contributed by atoms with van der Waals surface area (Å²) in [5.41, 5.74) is 3.04. The maximum atomic E-state index is 13.0. The summed E-state index contributed by atoms with van der Waals surface area (Å²) in [4.78, 5) is 27.1. The third-order valence-electron chi connectivity index (χ3n) is 5.88. The topological polar surface area (TPSA) is 96.3 Å². The molecule has 3 aromatic carbocycles. The first-order valence-corrected chi connectivity index (χ1v) is 11.2. The lowest BCUT2D eigenvalue weighted by Crippen LogP contribution is -2.32. The molecule has 0 saturated carbocycles. The van der Waals surface area contributed by atoms with Gasteiger partial charge in [-0.1, -0.05) is 42.0 Å². The van der Waals surface area contributed by atoms with Gasteiger partial charge in [0.25, 0.3) is 11.7 Å². The monoisotopic (exact) mass is 473 g/mol. The van der Waals surface area contributed by atoms with Crippen LogP contribution in [0.1, 0.15) is 28.3 Å². The summed E-state index contributed by atoms with van der Waals surface area (Å²) in [6, 6.07) is 20.2. The van der Waals surface area contributed by atoms with Gasteiger partial charge in [0.2, 0.25) is 0 Å². The number of methoxy groups -OCH3 is 1. The number of benzene rings is 3. The van der Waals surface area contributed by atoms with E-state index >= 15 is 0 Å². The Balaban J connectivity index is 1.64. The minimum absolute atomic E-state index is 0.00468. The molecule has 7 heteroatoms. The fourth-order valence-electron chi connectivity index (χ4n) is 4.17. The molecule has 3 aromatic rings. The number of aliphatic hydroxyl groups is 1. The lowest BCUT2D eigenvalue weighted by atomic mass is 9.95. The van der Waals surface area contributed by atoms with Crippen LogP contribution in [0.15, 0.2) is 78.4 Å². The van der Waals surface area contributed by atoms with Gasteiger partial charge in [-0.15, -0.1) is 0 Å². The molecule has 0 aliphatic carbocycles. The van der Waals surface area contributed by atoms with E-state index < -0.39 is 17.7 Å². The van der Waals surface area contributed by atoms with Crippen molar-refractivity contribution < 1.29 is 29.3 Å². The maximum Gasteiger partial charge on any atom is 0.295 e. The van der Waals surface area contributed by atoms with Gasteiger partial charge < -0.3 is 24.6 Å². The molecule has 1 aliphatic rings. The number of phenols is 1. The number of aromatic hydroxyl groups is 1. The summed E-state index contributed by atoms with van der Waals surface area (Å²) in [6.45, 7) is 2.79. The van der Waals surface area contributed by atoms with E-state index in [4.69, 9.17) is 9.47 Å². The summed E-state index contributed by atoms with van der Waals surface area (Å²) >= 11 is 0. The Labute approximate surface area is 203 Å². The summed E-state index contributed by atoms with van der Waals surface area (Å²) < 4.78 is 10.9. The third-order valence-corrected chi connectivity index (χ3v) is 5.88. The number of aliphatic hydroxyl groups excluding tert-OH is 1. The van der Waals surface area contributed by atoms with Crippen LogP contribution in [0.2, 0.25) is 0 Å². The van der Waals surface area contributed by atoms with Gasteiger partial charge in [0, 0.05) is 19.2 Å². The number of carbonyl (C=O) groups excluding carboxylic acids is 2. The van der Waals surface area contributed by atoms with Crippen molar-refractivity contribution in [2.75, 3.05) is 20.3 Å². The fourth-order valence-corrected chi connectivity index (χ4v) is 4.17. The number of amides is 1. The minimum atomic E-state index is -0.852. The second-order valence-corrected chi connectivity index (χ2v) is 8.38. The van der Waals surface area contributed by atoms with Crippen molar-refractivity contribution in [2.45, 2.75) is 19.6 Å². The molecule has 7 nitrogen and oxygen atoms in total. The van der Waals surface area contributed by atoms with Gasteiger partial charge in [0.05, 0.1) is 18.2 Å². The average molecular weight is 474 g/mol. The van der Waals surface area contributed by atoms with Crippen molar-refractivity contribution in [1.29, 1.82) is 0 Å². The first-order valence-electron chi connectivity index (χ1n) is 11.2. The molecule has 180 valence electrons. The molecule has 1 amide bonds. The number of ether oxygens (including phenoxy) is 2. The zero-order valence-corrected chi connectivity index (χ0v) is 19.6. The summed E-state index contributed by atoms with van der Waals surface area (Å²) in [5.74, 6) is -1.20. The molecule has 1 unspecified atom stereocenters. The molecule has 1 atom stereocenters. The first kappa shape index (κ1) is 24.0. The van der Waals surface area contributed by atoms with Gasteiger partial charge in [0.15, 0.2) is 0 Å². The van der Waals surface area contributed by atoms with Gasteiger partial charge in [0.1, 0.15) is 23.9 Å². The van der Waals surface area contributed by atoms with Crippen molar-refractivity contribution in [3.63, 3.8) is 0 Å². The van der Waals surface area contributed by atoms with E-state index in [1.165, 1.54) is 24.1 Å². The second-order valence-electron chi connectivity index (χ2n) is 8.38. The van der Waals surface area contributed by atoms with E-state index in [0.29, 0.717) is 23.5 Å². The molecule has 0 bridgehead atoms. The SMILES string of the molecule is COCCN1C(=O)C(=O)C(=C(O)c2ccc(OCc3cccc(C)c3)cc2)C1c1cccc(O)c1. The fraction of sp³-hybridized carbons (Fsp3) is 0.214. The number of phenolic OH excluding ortho intramolecular Hbond substituents is 1. The number of rotatable bonds is 8. The van der Waals surface area contributed by atoms with Crippen molar-refractivity contribution in [3.8, 4) is 11.5 Å². The zero-order valence-electron chi connectivity index (χ0n) is 19.6. The van der Waals surface area contributed by atoms with E-state index in [-0.39, 0.29) is 30.2 Å². The van der Waals surface area contributed by atoms with Crippen LogP contribution >= 0.6 is 0 Å². The highest BCUT2D eigenvalue weighted by molar-refractivity contribution is 6.46. The molecule has 1 heterocycles. The largest absolute Gasteiger partial charge is 0.508 e. The number of aryl methyl sites for hydroxylation is 1. The van der Waals surface area contributed by atoms with Crippen LogP contribution < -0.4 is 4.74 Å². The highest BCUT2D eigenvalue weighted by Crippen LogP contribution is 2.40. The maximum absolute atomic E-state index is 13.0. The summed E-state index contributed by atoms with van der Waals surface area (Å²) in [7, 11) is 1.50. The number of hydrogen-bond acceptors (Lipinski definition) is 6. The lowest BCUT2D eigenvalue weighted by Gasteiger charge is -2.25.